The highest BCUT2D eigenvalue weighted by molar-refractivity contribution is 5.76. The standard InChI is InChI=1S/C18H18N2O3/c1-3-15(18(22)23-4-2)20-16(13-8-6-5-7-9-13)11-10-14(12-19)17(20)21/h5-11,15H,3-4H2,1-2H3. The molecule has 0 spiro atoms. The van der Waals surface area contributed by atoms with Crippen molar-refractivity contribution in [1.82, 2.24) is 4.57 Å². The summed E-state index contributed by atoms with van der Waals surface area (Å²) in [6.45, 7) is 3.77. The van der Waals surface area contributed by atoms with Gasteiger partial charge in [-0.3, -0.25) is 9.36 Å². The van der Waals surface area contributed by atoms with Gasteiger partial charge in [0.25, 0.3) is 5.56 Å². The maximum atomic E-state index is 12.6. The first-order valence-electron chi connectivity index (χ1n) is 7.51. The van der Waals surface area contributed by atoms with Gasteiger partial charge in [0.2, 0.25) is 0 Å². The molecule has 23 heavy (non-hydrogen) atoms. The number of carbonyl (C=O) groups excluding carboxylic acids is 1. The van der Waals surface area contributed by atoms with Crippen LogP contribution in [0.3, 0.4) is 0 Å². The summed E-state index contributed by atoms with van der Waals surface area (Å²) in [6, 6.07) is 13.6. The summed E-state index contributed by atoms with van der Waals surface area (Å²) in [5.41, 5.74) is 0.924. The zero-order valence-corrected chi connectivity index (χ0v) is 13.2. The van der Waals surface area contributed by atoms with Crippen LogP contribution in [0.2, 0.25) is 0 Å². The fourth-order valence-electron chi connectivity index (χ4n) is 2.48. The molecule has 0 fully saturated rings. The summed E-state index contributed by atoms with van der Waals surface area (Å²) in [4.78, 5) is 24.9. The number of ether oxygens (including phenoxy) is 1. The van der Waals surface area contributed by atoms with Crippen molar-refractivity contribution in [1.29, 1.82) is 5.26 Å². The van der Waals surface area contributed by atoms with Gasteiger partial charge in [0.1, 0.15) is 17.7 Å². The van der Waals surface area contributed by atoms with E-state index >= 15 is 0 Å². The van der Waals surface area contributed by atoms with Crippen molar-refractivity contribution in [2.75, 3.05) is 6.61 Å². The second-order valence-corrected chi connectivity index (χ2v) is 4.96. The summed E-state index contributed by atoms with van der Waals surface area (Å²) < 4.78 is 6.45. The van der Waals surface area contributed by atoms with E-state index in [1.807, 2.05) is 43.3 Å². The molecule has 0 aliphatic carbocycles. The molecule has 0 saturated heterocycles. The quantitative estimate of drug-likeness (QED) is 0.796. The first-order chi connectivity index (χ1) is 11.1. The van der Waals surface area contributed by atoms with E-state index in [0.29, 0.717) is 12.1 Å². The summed E-state index contributed by atoms with van der Waals surface area (Å²) in [6.07, 6.45) is 0.396. The average molecular weight is 310 g/mol. The zero-order chi connectivity index (χ0) is 16.8. The molecular formula is C18H18N2O3. The van der Waals surface area contributed by atoms with Gasteiger partial charge in [-0.25, -0.2) is 4.79 Å². The maximum absolute atomic E-state index is 12.6. The van der Waals surface area contributed by atoms with Crippen molar-refractivity contribution in [2.45, 2.75) is 26.3 Å². The van der Waals surface area contributed by atoms with Crippen LogP contribution >= 0.6 is 0 Å². The van der Waals surface area contributed by atoms with E-state index in [-0.39, 0.29) is 12.2 Å². The zero-order valence-electron chi connectivity index (χ0n) is 13.2. The highest BCUT2D eigenvalue weighted by atomic mass is 16.5. The Morgan fingerprint density at radius 2 is 1.91 bits per heavy atom. The average Bonchev–Trinajstić information content (AvgIpc) is 2.58. The minimum absolute atomic E-state index is 0.00688. The van der Waals surface area contributed by atoms with Crippen LogP contribution in [0, 0.1) is 11.3 Å². The molecule has 1 atom stereocenters. The topological polar surface area (TPSA) is 72.1 Å². The Bertz CT molecular complexity index is 788. The number of rotatable bonds is 5. The molecule has 5 nitrogen and oxygen atoms in total. The van der Waals surface area contributed by atoms with Gasteiger partial charge in [-0.05, 0) is 31.0 Å². The molecule has 118 valence electrons. The van der Waals surface area contributed by atoms with Gasteiger partial charge in [-0.1, -0.05) is 37.3 Å². The number of benzene rings is 1. The van der Waals surface area contributed by atoms with Crippen molar-refractivity contribution in [3.63, 3.8) is 0 Å². The molecule has 0 amide bonds. The Morgan fingerprint density at radius 3 is 2.48 bits per heavy atom. The molecule has 1 aromatic carbocycles. The number of esters is 1. The number of carbonyl (C=O) groups is 1. The number of nitriles is 1. The Morgan fingerprint density at radius 1 is 1.22 bits per heavy atom. The second-order valence-electron chi connectivity index (χ2n) is 4.96. The van der Waals surface area contributed by atoms with E-state index in [4.69, 9.17) is 10.00 Å². The van der Waals surface area contributed by atoms with Gasteiger partial charge in [-0.15, -0.1) is 0 Å². The van der Waals surface area contributed by atoms with E-state index in [1.165, 1.54) is 10.6 Å². The van der Waals surface area contributed by atoms with E-state index in [9.17, 15) is 9.59 Å². The van der Waals surface area contributed by atoms with Gasteiger partial charge in [0, 0.05) is 0 Å². The van der Waals surface area contributed by atoms with Crippen molar-refractivity contribution in [2.24, 2.45) is 0 Å². The Labute approximate surface area is 134 Å². The Hall–Kier alpha value is -2.87. The van der Waals surface area contributed by atoms with E-state index < -0.39 is 17.6 Å². The molecule has 1 aromatic heterocycles. The summed E-state index contributed by atoms with van der Waals surface area (Å²) in [5.74, 6) is -0.468. The van der Waals surface area contributed by atoms with E-state index in [0.717, 1.165) is 5.56 Å². The van der Waals surface area contributed by atoms with Crippen molar-refractivity contribution in [3.05, 3.63) is 58.4 Å². The van der Waals surface area contributed by atoms with Crippen LogP contribution in [0.5, 0.6) is 0 Å². The number of hydrogen-bond donors (Lipinski definition) is 0. The van der Waals surface area contributed by atoms with Crippen LogP contribution in [0.25, 0.3) is 11.3 Å². The van der Waals surface area contributed by atoms with Crippen molar-refractivity contribution >= 4 is 5.97 Å². The fourth-order valence-corrected chi connectivity index (χ4v) is 2.48. The molecule has 0 aliphatic heterocycles. The molecular weight excluding hydrogens is 292 g/mol. The predicted octanol–water partition coefficient (Wildman–Crippen LogP) is 2.90. The molecule has 0 radical (unpaired) electrons. The van der Waals surface area contributed by atoms with E-state index in [1.54, 1.807) is 13.0 Å². The number of pyridine rings is 1. The highest BCUT2D eigenvalue weighted by Gasteiger charge is 2.25. The number of aromatic nitrogens is 1. The molecule has 2 rings (SSSR count). The highest BCUT2D eigenvalue weighted by Crippen LogP contribution is 2.23. The largest absolute Gasteiger partial charge is 0.464 e. The number of hydrogen-bond acceptors (Lipinski definition) is 4. The Kier molecular flexibility index (Phi) is 5.32. The maximum Gasteiger partial charge on any atom is 0.329 e. The van der Waals surface area contributed by atoms with Crippen LogP contribution in [-0.2, 0) is 9.53 Å². The van der Waals surface area contributed by atoms with Crippen LogP contribution in [0.1, 0.15) is 31.9 Å². The van der Waals surface area contributed by atoms with Crippen molar-refractivity contribution < 1.29 is 9.53 Å². The molecule has 1 unspecified atom stereocenters. The molecule has 0 N–H and O–H groups in total. The molecule has 2 aromatic rings. The lowest BCUT2D eigenvalue weighted by atomic mass is 10.1. The lowest BCUT2D eigenvalue weighted by molar-refractivity contribution is -0.147. The lowest BCUT2D eigenvalue weighted by Crippen LogP contribution is -2.33. The molecule has 0 aliphatic rings. The minimum atomic E-state index is -0.758. The lowest BCUT2D eigenvalue weighted by Gasteiger charge is -2.21. The van der Waals surface area contributed by atoms with Crippen LogP contribution in [0.4, 0.5) is 0 Å². The third kappa shape index (κ3) is 3.32. The number of nitrogens with zero attached hydrogens (tertiary/aromatic N) is 2. The second kappa shape index (κ2) is 7.41. The molecule has 0 saturated carbocycles. The Balaban J connectivity index is 2.70. The monoisotopic (exact) mass is 310 g/mol. The van der Waals surface area contributed by atoms with Gasteiger partial charge >= 0.3 is 5.97 Å². The smallest absolute Gasteiger partial charge is 0.329 e. The summed E-state index contributed by atoms with van der Waals surface area (Å²) in [7, 11) is 0. The van der Waals surface area contributed by atoms with Crippen LogP contribution < -0.4 is 5.56 Å². The SMILES string of the molecule is CCOC(=O)C(CC)n1c(-c2ccccc2)ccc(C#N)c1=O. The van der Waals surface area contributed by atoms with Crippen LogP contribution in [0.15, 0.2) is 47.3 Å². The molecule has 1 heterocycles. The van der Waals surface area contributed by atoms with Gasteiger partial charge < -0.3 is 4.74 Å². The third-order valence-corrected chi connectivity index (χ3v) is 3.56. The van der Waals surface area contributed by atoms with E-state index in [2.05, 4.69) is 0 Å². The predicted molar refractivity (Wildman–Crippen MR) is 86.8 cm³/mol. The van der Waals surface area contributed by atoms with Gasteiger partial charge in [0.15, 0.2) is 0 Å². The van der Waals surface area contributed by atoms with Crippen molar-refractivity contribution in [3.8, 4) is 17.3 Å². The molecule has 5 heteroatoms. The first kappa shape index (κ1) is 16.5. The summed E-state index contributed by atoms with van der Waals surface area (Å²) >= 11 is 0. The van der Waals surface area contributed by atoms with Gasteiger partial charge in [-0.2, -0.15) is 5.26 Å². The summed E-state index contributed by atoms with van der Waals surface area (Å²) in [5, 5.41) is 9.12. The normalized spacial score (nSPS) is 11.5. The first-order valence-corrected chi connectivity index (χ1v) is 7.51. The van der Waals surface area contributed by atoms with Crippen LogP contribution in [-0.4, -0.2) is 17.1 Å². The fraction of sp³-hybridized carbons (Fsp3) is 0.278. The minimum Gasteiger partial charge on any atom is -0.464 e. The third-order valence-electron chi connectivity index (χ3n) is 3.56. The van der Waals surface area contributed by atoms with Gasteiger partial charge in [0.05, 0.1) is 12.3 Å². The molecule has 0 bridgehead atoms.